The van der Waals surface area contributed by atoms with Gasteiger partial charge in [-0.05, 0) is 6.42 Å². The van der Waals surface area contributed by atoms with Crippen molar-refractivity contribution in [2.45, 2.75) is 50.8 Å². The Labute approximate surface area is 236 Å². The van der Waals surface area contributed by atoms with Crippen LogP contribution in [0, 0.1) is 11.8 Å². The fourth-order valence-electron chi connectivity index (χ4n) is 6.83. The average molecular weight is 551 g/mol. The van der Waals surface area contributed by atoms with E-state index in [1.165, 1.54) is 7.11 Å². The summed E-state index contributed by atoms with van der Waals surface area (Å²) >= 11 is 0. The van der Waals surface area contributed by atoms with Crippen LogP contribution < -0.4 is 20.7 Å². The van der Waals surface area contributed by atoms with Gasteiger partial charge in [-0.3, -0.25) is 0 Å². The second kappa shape index (κ2) is 11.0. The number of fused-ring (bicyclic) bond motifs is 3. The summed E-state index contributed by atoms with van der Waals surface area (Å²) < 4.78 is 5.71. The summed E-state index contributed by atoms with van der Waals surface area (Å²) in [6.07, 6.45) is 2.74. The van der Waals surface area contributed by atoms with E-state index in [2.05, 4.69) is 12.2 Å². The first kappa shape index (κ1) is 29.8. The van der Waals surface area contributed by atoms with E-state index >= 15 is 0 Å². The number of primary amides is 1. The van der Waals surface area contributed by atoms with Gasteiger partial charge in [0.25, 0.3) is 0 Å². The van der Waals surface area contributed by atoms with E-state index in [0.29, 0.717) is 24.3 Å². The first-order valence-corrected chi connectivity index (χ1v) is 13.7. The van der Waals surface area contributed by atoms with Crippen LogP contribution in [0.2, 0.25) is 0 Å². The van der Waals surface area contributed by atoms with E-state index in [9.17, 15) is 24.9 Å². The molecule has 0 aromatic heterocycles. The van der Waals surface area contributed by atoms with Crippen molar-refractivity contribution in [3.05, 3.63) is 39.7 Å². The normalized spacial score (nSPS) is 26.0. The Balaban J connectivity index is 1.91. The van der Waals surface area contributed by atoms with Crippen molar-refractivity contribution in [1.29, 1.82) is 0 Å². The first-order valence-electron chi connectivity index (χ1n) is 13.7. The van der Waals surface area contributed by atoms with E-state index in [0.717, 1.165) is 36.2 Å². The standard InChI is InChI=1S/C29H40BN4O6/c1-7-8-9-32-13-15-12-18(40-6)20-16(22(15)33(2)3)10-14-11-17-23(34(4)5)25(36)21(28(31)38)26(30)29(17,39)27(37)19(14)24(20)35/h12,14,17,23,32,35-36,39H,7-11,13H2,1-6H3,(H2,31,38)/t14-,17-,23-,29+/m0/s1. The van der Waals surface area contributed by atoms with Crippen LogP contribution in [-0.2, 0) is 22.6 Å². The number of Topliss-reactive ketones (excluding diaryl/α,β-unsaturated/α-hetero) is 1. The van der Waals surface area contributed by atoms with Crippen LogP contribution in [0.3, 0.4) is 0 Å². The summed E-state index contributed by atoms with van der Waals surface area (Å²) in [7, 11) is 15.0. The molecule has 40 heavy (non-hydrogen) atoms. The van der Waals surface area contributed by atoms with Gasteiger partial charge in [-0.25, -0.2) is 0 Å². The van der Waals surface area contributed by atoms with Crippen LogP contribution in [0.15, 0.2) is 23.0 Å². The van der Waals surface area contributed by atoms with E-state index in [1.54, 1.807) is 19.0 Å². The van der Waals surface area contributed by atoms with Crippen molar-refractivity contribution in [3.63, 3.8) is 0 Å². The summed E-state index contributed by atoms with van der Waals surface area (Å²) in [6.45, 7) is 3.60. The molecule has 0 aliphatic heterocycles. The molecular weight excluding hydrogens is 511 g/mol. The minimum absolute atomic E-state index is 0.0359. The molecule has 0 bridgehead atoms. The number of amides is 1. The summed E-state index contributed by atoms with van der Waals surface area (Å²) in [5, 5.41) is 38.2. The van der Waals surface area contributed by atoms with Gasteiger partial charge < -0.3 is 0 Å². The molecule has 215 valence electrons. The maximum atomic E-state index is 14.2. The molecule has 1 amide bonds. The number of unbranched alkanes of at least 4 members (excludes halogenated alkanes) is 1. The molecule has 4 rings (SSSR count). The quantitative estimate of drug-likeness (QED) is 0.224. The molecule has 1 aromatic carbocycles. The minimum atomic E-state index is -2.34. The Morgan fingerprint density at radius 3 is 2.50 bits per heavy atom. The van der Waals surface area contributed by atoms with Gasteiger partial charge in [0.2, 0.25) is 0 Å². The van der Waals surface area contributed by atoms with Gasteiger partial charge in [-0.2, -0.15) is 0 Å². The Morgan fingerprint density at radius 2 is 1.95 bits per heavy atom. The van der Waals surface area contributed by atoms with E-state index < -0.39 is 46.2 Å². The molecule has 0 saturated heterocycles. The number of nitrogens with two attached hydrogens (primary N) is 1. The van der Waals surface area contributed by atoms with E-state index in [4.69, 9.17) is 18.0 Å². The summed E-state index contributed by atoms with van der Waals surface area (Å²) in [5.74, 6) is -3.44. The molecule has 11 heteroatoms. The van der Waals surface area contributed by atoms with E-state index in [-0.39, 0.29) is 23.5 Å². The molecule has 3 aliphatic rings. The first-order chi connectivity index (χ1) is 18.8. The van der Waals surface area contributed by atoms with E-state index in [1.807, 2.05) is 25.1 Å². The number of aliphatic hydroxyl groups is 3. The molecular formula is C29H40BN4O6. The molecule has 0 heterocycles. The van der Waals surface area contributed by atoms with Gasteiger partial charge in [-0.1, -0.05) is 13.3 Å². The van der Waals surface area contributed by atoms with Crippen LogP contribution in [-0.4, -0.2) is 98.3 Å². The summed E-state index contributed by atoms with van der Waals surface area (Å²) in [4.78, 5) is 30.1. The van der Waals surface area contributed by atoms with Crippen LogP contribution in [0.5, 0.6) is 5.75 Å². The summed E-state index contributed by atoms with van der Waals surface area (Å²) in [6, 6.07) is 0.968. The van der Waals surface area contributed by atoms with Crippen molar-refractivity contribution >= 4 is 36.1 Å². The number of ketones is 1. The van der Waals surface area contributed by atoms with Gasteiger partial charge in [0.1, 0.15) is 0 Å². The van der Waals surface area contributed by atoms with Gasteiger partial charge in [0.05, 0.1) is 0 Å². The number of carbonyl (C=O) groups is 2. The second-order valence-corrected chi connectivity index (χ2v) is 11.4. The monoisotopic (exact) mass is 551 g/mol. The van der Waals surface area contributed by atoms with Crippen LogP contribution in [0.1, 0.15) is 42.9 Å². The summed E-state index contributed by atoms with van der Waals surface area (Å²) in [5.41, 5.74) is 5.42. The fourth-order valence-corrected chi connectivity index (χ4v) is 6.83. The average Bonchev–Trinajstić information content (AvgIpc) is 2.87. The molecule has 4 atom stereocenters. The number of carbonyl (C=O) groups excluding carboxylic acids is 2. The van der Waals surface area contributed by atoms with Crippen molar-refractivity contribution < 1.29 is 29.6 Å². The third kappa shape index (κ3) is 4.44. The van der Waals surface area contributed by atoms with Gasteiger partial charge in [0, 0.05) is 0 Å². The molecule has 1 fully saturated rings. The third-order valence-corrected chi connectivity index (χ3v) is 8.55. The zero-order chi connectivity index (χ0) is 29.7. The molecule has 6 N–H and O–H groups in total. The van der Waals surface area contributed by atoms with Crippen molar-refractivity contribution in [2.24, 2.45) is 17.6 Å². The molecule has 3 aliphatic carbocycles. The third-order valence-electron chi connectivity index (χ3n) is 8.55. The number of hydrogen-bond acceptors (Lipinski definition) is 9. The zero-order valence-corrected chi connectivity index (χ0v) is 24.2. The van der Waals surface area contributed by atoms with Crippen LogP contribution >= 0.6 is 0 Å². The zero-order valence-electron chi connectivity index (χ0n) is 24.2. The number of nitrogens with zero attached hydrogens (tertiary/aromatic N) is 2. The molecule has 0 spiro atoms. The topological polar surface area (TPSA) is 149 Å². The molecule has 1 saturated carbocycles. The Morgan fingerprint density at radius 1 is 1.27 bits per heavy atom. The number of hydrogen-bond donors (Lipinski definition) is 5. The number of likely N-dealkylation sites (N-methyl/N-ethyl adjacent to an activating group) is 1. The Bertz CT molecular complexity index is 1320. The predicted octanol–water partition coefficient (Wildman–Crippen LogP) is 0.995. The number of ether oxygens (including phenoxy) is 1. The number of benzene rings is 1. The van der Waals surface area contributed by atoms with Gasteiger partial charge in [-0.15, -0.1) is 0 Å². The number of aliphatic hydroxyl groups excluding tert-OH is 2. The fraction of sp³-hybridized carbons (Fsp3) is 0.552. The van der Waals surface area contributed by atoms with Crippen molar-refractivity contribution in [1.82, 2.24) is 10.2 Å². The van der Waals surface area contributed by atoms with Crippen LogP contribution in [0.4, 0.5) is 5.69 Å². The Kier molecular flexibility index (Phi) is 8.22. The molecule has 1 radical (unpaired) electrons. The SMILES string of the molecule is [B]=C1C(C(N)=O)=C(O)[C@@H](N(C)C)[C@@H]2C[C@@H]3Cc4c(c(OC)cc(CNCCCC)c4N(C)C)C(O)=C3C(=O)[C@]12O. The number of nitrogens with one attached hydrogen (secondary N) is 1. The van der Waals surface area contributed by atoms with Crippen molar-refractivity contribution in [2.75, 3.05) is 46.7 Å². The molecule has 0 unspecified atom stereocenters. The second-order valence-electron chi connectivity index (χ2n) is 11.4. The number of rotatable bonds is 9. The predicted molar refractivity (Wildman–Crippen MR) is 156 cm³/mol. The number of methoxy groups -OCH3 is 1. The molecule has 1 aromatic rings. The Hall–Kier alpha value is -3.15. The number of anilines is 1. The van der Waals surface area contributed by atoms with Gasteiger partial charge >= 0.3 is 217 Å². The van der Waals surface area contributed by atoms with Crippen molar-refractivity contribution in [3.8, 4) is 5.75 Å². The van der Waals surface area contributed by atoms with Gasteiger partial charge in [0.15, 0.2) is 0 Å². The molecule has 10 nitrogen and oxygen atoms in total. The van der Waals surface area contributed by atoms with Crippen LogP contribution in [0.25, 0.3) is 5.76 Å². The maximum absolute atomic E-state index is 14.2.